The van der Waals surface area contributed by atoms with E-state index in [-0.39, 0.29) is 11.8 Å². The van der Waals surface area contributed by atoms with Gasteiger partial charge in [0.15, 0.2) is 0 Å². The van der Waals surface area contributed by atoms with Gasteiger partial charge in [0.2, 0.25) is 5.91 Å². The molecule has 2 aromatic rings. The number of anilines is 1. The molecule has 0 saturated carbocycles. The van der Waals surface area contributed by atoms with Crippen LogP contribution in [0.15, 0.2) is 48.5 Å². The van der Waals surface area contributed by atoms with Crippen LogP contribution < -0.4 is 4.90 Å². The number of hydrogen-bond donors (Lipinski definition) is 0. The highest BCUT2D eigenvalue weighted by Crippen LogP contribution is 2.46. The van der Waals surface area contributed by atoms with Gasteiger partial charge in [0, 0.05) is 36.4 Å². The molecule has 2 aromatic carbocycles. The van der Waals surface area contributed by atoms with Crippen molar-refractivity contribution in [1.82, 2.24) is 4.90 Å². The maximum absolute atomic E-state index is 12.9. The maximum Gasteiger partial charge on any atom is 0.253 e. The fourth-order valence-electron chi connectivity index (χ4n) is 3.87. The molecule has 1 saturated heterocycles. The van der Waals surface area contributed by atoms with E-state index in [9.17, 15) is 9.59 Å². The number of carbonyl (C=O) groups is 2. The molecule has 4 nitrogen and oxygen atoms in total. The number of carbonyl (C=O) groups excluding carboxylic acids is 2. The highest BCUT2D eigenvalue weighted by atomic mass is 35.5. The van der Waals surface area contributed by atoms with Crippen LogP contribution in [0.4, 0.5) is 5.69 Å². The van der Waals surface area contributed by atoms with Crippen LogP contribution in [-0.4, -0.2) is 36.9 Å². The number of amides is 2. The Bertz CT molecular complexity index is 834. The Kier molecular flexibility index (Phi) is 3.39. The summed E-state index contributed by atoms with van der Waals surface area (Å²) in [4.78, 5) is 29.2. The van der Waals surface area contributed by atoms with Crippen LogP contribution in [0.3, 0.4) is 0 Å². The average Bonchev–Trinajstić information content (AvgIpc) is 3.14. The summed E-state index contributed by atoms with van der Waals surface area (Å²) in [6.45, 7) is 1.00. The van der Waals surface area contributed by atoms with E-state index in [2.05, 4.69) is 0 Å². The lowest BCUT2D eigenvalue weighted by atomic mass is 9.81. The average molecular weight is 341 g/mol. The highest BCUT2D eigenvalue weighted by Gasteiger charge is 2.54. The van der Waals surface area contributed by atoms with Gasteiger partial charge in [-0.1, -0.05) is 29.8 Å². The SMILES string of the molecule is CN1C(=O)C2(CCN(C(=O)c3ccc(Cl)cc3)C2)c2ccccc21. The Balaban J connectivity index is 1.66. The van der Waals surface area contributed by atoms with E-state index < -0.39 is 5.41 Å². The van der Waals surface area contributed by atoms with Crippen molar-refractivity contribution < 1.29 is 9.59 Å². The van der Waals surface area contributed by atoms with Crippen molar-refractivity contribution in [2.24, 2.45) is 0 Å². The van der Waals surface area contributed by atoms with Gasteiger partial charge < -0.3 is 9.80 Å². The van der Waals surface area contributed by atoms with Crippen molar-refractivity contribution in [3.05, 3.63) is 64.7 Å². The summed E-state index contributed by atoms with van der Waals surface area (Å²) < 4.78 is 0. The number of halogens is 1. The molecule has 24 heavy (non-hydrogen) atoms. The van der Waals surface area contributed by atoms with Crippen LogP contribution in [0.1, 0.15) is 22.3 Å². The second kappa shape index (κ2) is 5.35. The molecular weight excluding hydrogens is 324 g/mol. The quantitative estimate of drug-likeness (QED) is 0.800. The number of para-hydroxylation sites is 1. The molecular formula is C19H17ClN2O2. The van der Waals surface area contributed by atoms with Crippen molar-refractivity contribution in [1.29, 1.82) is 0 Å². The Morgan fingerprint density at radius 1 is 1.12 bits per heavy atom. The minimum atomic E-state index is -0.604. The van der Waals surface area contributed by atoms with E-state index in [1.165, 1.54) is 0 Å². The molecule has 0 aromatic heterocycles. The lowest BCUT2D eigenvalue weighted by molar-refractivity contribution is -0.122. The molecule has 0 bridgehead atoms. The molecule has 4 rings (SSSR count). The van der Waals surface area contributed by atoms with Crippen molar-refractivity contribution in [2.45, 2.75) is 11.8 Å². The van der Waals surface area contributed by atoms with Crippen LogP contribution in [0.5, 0.6) is 0 Å². The third kappa shape index (κ3) is 2.06. The van der Waals surface area contributed by atoms with Gasteiger partial charge in [0.1, 0.15) is 0 Å². The number of likely N-dealkylation sites (tertiary alicyclic amines) is 1. The molecule has 0 N–H and O–H groups in total. The maximum atomic E-state index is 12.9. The Hall–Kier alpha value is -2.33. The third-order valence-corrected chi connectivity index (χ3v) is 5.39. The number of benzene rings is 2. The standard InChI is InChI=1S/C19H17ClN2O2/c1-21-16-5-3-2-4-15(16)19(18(21)24)10-11-22(12-19)17(23)13-6-8-14(20)9-7-13/h2-9H,10-12H2,1H3. The molecule has 1 fully saturated rings. The number of rotatable bonds is 1. The summed E-state index contributed by atoms with van der Waals surface area (Å²) >= 11 is 5.89. The molecule has 2 heterocycles. The van der Waals surface area contributed by atoms with Gasteiger partial charge in [0.25, 0.3) is 5.91 Å². The number of hydrogen-bond acceptors (Lipinski definition) is 2. The minimum absolute atomic E-state index is 0.0524. The predicted octanol–water partition coefficient (Wildman–Crippen LogP) is 3.10. The Morgan fingerprint density at radius 2 is 1.83 bits per heavy atom. The largest absolute Gasteiger partial charge is 0.337 e. The number of fused-ring (bicyclic) bond motifs is 2. The highest BCUT2D eigenvalue weighted by molar-refractivity contribution is 6.30. The second-order valence-corrected chi connectivity index (χ2v) is 6.88. The van der Waals surface area contributed by atoms with Gasteiger partial charge in [-0.15, -0.1) is 0 Å². The number of nitrogens with zero attached hydrogens (tertiary/aromatic N) is 2. The van der Waals surface area contributed by atoms with Gasteiger partial charge in [-0.05, 0) is 42.3 Å². The van der Waals surface area contributed by atoms with E-state index in [4.69, 9.17) is 11.6 Å². The van der Waals surface area contributed by atoms with E-state index in [0.29, 0.717) is 30.1 Å². The molecule has 1 spiro atoms. The smallest absolute Gasteiger partial charge is 0.253 e. The first kappa shape index (κ1) is 15.2. The van der Waals surface area contributed by atoms with E-state index in [1.54, 1.807) is 41.1 Å². The monoisotopic (exact) mass is 340 g/mol. The van der Waals surface area contributed by atoms with Crippen LogP contribution in [0.2, 0.25) is 5.02 Å². The van der Waals surface area contributed by atoms with Crippen molar-refractivity contribution in [3.63, 3.8) is 0 Å². The first-order valence-corrected chi connectivity index (χ1v) is 8.33. The zero-order valence-corrected chi connectivity index (χ0v) is 14.1. The molecule has 2 aliphatic heterocycles. The van der Waals surface area contributed by atoms with Crippen molar-refractivity contribution in [2.75, 3.05) is 25.0 Å². The van der Waals surface area contributed by atoms with E-state index in [0.717, 1.165) is 11.3 Å². The van der Waals surface area contributed by atoms with Gasteiger partial charge in [0.05, 0.1) is 5.41 Å². The summed E-state index contributed by atoms with van der Waals surface area (Å²) in [5.74, 6) is 0.0264. The van der Waals surface area contributed by atoms with Gasteiger partial charge in [-0.2, -0.15) is 0 Å². The molecule has 2 aliphatic rings. The van der Waals surface area contributed by atoms with Crippen molar-refractivity contribution >= 4 is 29.1 Å². The molecule has 122 valence electrons. The number of likely N-dealkylation sites (N-methyl/N-ethyl adjacent to an activating group) is 1. The van der Waals surface area contributed by atoms with Crippen molar-refractivity contribution in [3.8, 4) is 0 Å². The summed E-state index contributed by atoms with van der Waals surface area (Å²) in [6.07, 6.45) is 0.659. The summed E-state index contributed by atoms with van der Waals surface area (Å²) in [6, 6.07) is 14.7. The summed E-state index contributed by atoms with van der Waals surface area (Å²) in [5.41, 5.74) is 1.98. The van der Waals surface area contributed by atoms with Crippen LogP contribution in [0, 0.1) is 0 Å². The lowest BCUT2D eigenvalue weighted by Crippen LogP contribution is -2.42. The summed E-state index contributed by atoms with van der Waals surface area (Å²) in [7, 11) is 1.81. The third-order valence-electron chi connectivity index (χ3n) is 5.14. The van der Waals surface area contributed by atoms with E-state index in [1.807, 2.05) is 24.3 Å². The lowest BCUT2D eigenvalue weighted by Gasteiger charge is -2.23. The topological polar surface area (TPSA) is 40.6 Å². The minimum Gasteiger partial charge on any atom is -0.337 e. The predicted molar refractivity (Wildman–Crippen MR) is 93.5 cm³/mol. The fourth-order valence-corrected chi connectivity index (χ4v) is 3.99. The fraction of sp³-hybridized carbons (Fsp3) is 0.263. The zero-order valence-electron chi connectivity index (χ0n) is 13.3. The van der Waals surface area contributed by atoms with E-state index >= 15 is 0 Å². The van der Waals surface area contributed by atoms with Gasteiger partial charge in [-0.25, -0.2) is 0 Å². The molecule has 5 heteroatoms. The first-order chi connectivity index (χ1) is 11.5. The van der Waals surface area contributed by atoms with Gasteiger partial charge in [-0.3, -0.25) is 9.59 Å². The molecule has 1 atom stereocenters. The normalized spacial score (nSPS) is 22.3. The molecule has 2 amide bonds. The molecule has 0 radical (unpaired) electrons. The Labute approximate surface area is 145 Å². The second-order valence-electron chi connectivity index (χ2n) is 6.45. The van der Waals surface area contributed by atoms with Crippen LogP contribution in [-0.2, 0) is 10.2 Å². The Morgan fingerprint density at radius 3 is 2.58 bits per heavy atom. The van der Waals surface area contributed by atoms with Crippen LogP contribution in [0.25, 0.3) is 0 Å². The zero-order chi connectivity index (χ0) is 16.9. The molecule has 1 unspecified atom stereocenters. The molecule has 0 aliphatic carbocycles. The van der Waals surface area contributed by atoms with Crippen LogP contribution >= 0.6 is 11.6 Å². The first-order valence-electron chi connectivity index (χ1n) is 7.95. The summed E-state index contributed by atoms with van der Waals surface area (Å²) in [5, 5.41) is 0.603. The van der Waals surface area contributed by atoms with Gasteiger partial charge >= 0.3 is 0 Å².